The minimum Gasteiger partial charge on any atom is -0.304 e. The van der Waals surface area contributed by atoms with Crippen molar-refractivity contribution >= 4 is 0 Å². The summed E-state index contributed by atoms with van der Waals surface area (Å²) < 4.78 is 0. The molecule has 2 aromatic carbocycles. The molecular weight excluding hydrogens is 765 g/mol. The van der Waals surface area contributed by atoms with Crippen LogP contribution in [-0.4, -0.2) is 19.9 Å². The van der Waals surface area contributed by atoms with Crippen molar-refractivity contribution in [2.75, 3.05) is 0 Å². The predicted molar refractivity (Wildman–Crippen MR) is 198 cm³/mol. The number of benzene rings is 2. The van der Waals surface area contributed by atoms with Gasteiger partial charge >= 0.3 is 0 Å². The Kier molecular flexibility index (Phi) is 14.5. The van der Waals surface area contributed by atoms with Gasteiger partial charge in [0, 0.05) is 49.1 Å². The standard InChI is InChI=1S/C43H57N4.Ir/c1-7-9-11-13-15-19-27-43(28-20-16-14-12-10-8-2)37-22-18-17-21-35(37)36-25-23-33(29-38(36)43)39-26-24-34(30-44-39)42-46-40(31(3)4)45-41(47-42)32(5)6;/h17-18,21-22,24-26,29-32H,7-16,19-20,27-28H2,1-6H3;/q-1;. The minimum absolute atomic E-state index is 0. The second-order valence-corrected chi connectivity index (χ2v) is 14.5. The number of pyridine rings is 1. The summed E-state index contributed by atoms with van der Waals surface area (Å²) in [5.41, 5.74) is 8.78. The van der Waals surface area contributed by atoms with E-state index < -0.39 is 0 Å². The Morgan fingerprint density at radius 1 is 0.646 bits per heavy atom. The van der Waals surface area contributed by atoms with Crippen molar-refractivity contribution in [1.29, 1.82) is 0 Å². The van der Waals surface area contributed by atoms with E-state index in [1.54, 1.807) is 0 Å². The first-order valence-corrected chi connectivity index (χ1v) is 18.8. The summed E-state index contributed by atoms with van der Waals surface area (Å²) in [6.45, 7) is 13.1. The van der Waals surface area contributed by atoms with Crippen LogP contribution < -0.4 is 0 Å². The Bertz CT molecular complexity index is 1530. The van der Waals surface area contributed by atoms with Crippen molar-refractivity contribution in [1.82, 2.24) is 19.9 Å². The van der Waals surface area contributed by atoms with Crippen molar-refractivity contribution < 1.29 is 20.1 Å². The van der Waals surface area contributed by atoms with Gasteiger partial charge in [-0.15, -0.1) is 29.3 Å². The molecule has 5 rings (SSSR count). The molecule has 0 bridgehead atoms. The molecule has 48 heavy (non-hydrogen) atoms. The van der Waals surface area contributed by atoms with E-state index in [-0.39, 0.29) is 37.4 Å². The van der Waals surface area contributed by atoms with Crippen LogP contribution in [0.3, 0.4) is 0 Å². The van der Waals surface area contributed by atoms with E-state index >= 15 is 0 Å². The van der Waals surface area contributed by atoms with Gasteiger partial charge in [-0.25, -0.2) is 15.0 Å². The zero-order valence-electron chi connectivity index (χ0n) is 30.4. The molecule has 4 nitrogen and oxygen atoms in total. The molecule has 0 amide bonds. The molecule has 0 atom stereocenters. The SMILES string of the molecule is CCCCCCCCC1(CCCCCCCC)c2ccccc2-c2c[c-]c(-c3ccc(-c4nc(C(C)C)nc(C(C)C)n4)cn3)cc21.[Ir]. The average molecular weight is 822 g/mol. The molecule has 1 radical (unpaired) electrons. The van der Waals surface area contributed by atoms with Crippen LogP contribution in [0, 0.1) is 6.07 Å². The summed E-state index contributed by atoms with van der Waals surface area (Å²) in [4.78, 5) is 19.3. The maximum atomic E-state index is 4.97. The fraction of sp³-hybridized carbons (Fsp3) is 0.535. The number of aromatic nitrogens is 4. The molecule has 259 valence electrons. The van der Waals surface area contributed by atoms with Crippen LogP contribution in [0.15, 0.2) is 54.7 Å². The molecule has 1 aliphatic rings. The van der Waals surface area contributed by atoms with E-state index in [9.17, 15) is 0 Å². The summed E-state index contributed by atoms with van der Waals surface area (Å²) >= 11 is 0. The smallest absolute Gasteiger partial charge is 0.164 e. The summed E-state index contributed by atoms with van der Waals surface area (Å²) in [5.74, 6) is 2.85. The third-order valence-electron chi connectivity index (χ3n) is 10.1. The van der Waals surface area contributed by atoms with Gasteiger partial charge in [-0.1, -0.05) is 166 Å². The van der Waals surface area contributed by atoms with Gasteiger partial charge in [0.15, 0.2) is 5.82 Å². The maximum Gasteiger partial charge on any atom is 0.164 e. The Hall–Kier alpha value is -2.75. The second kappa shape index (κ2) is 18.3. The number of nitrogens with zero attached hydrogens (tertiary/aromatic N) is 4. The summed E-state index contributed by atoms with van der Waals surface area (Å²) in [7, 11) is 0. The van der Waals surface area contributed by atoms with Gasteiger partial charge in [0.1, 0.15) is 11.6 Å². The monoisotopic (exact) mass is 822 g/mol. The number of hydrogen-bond acceptors (Lipinski definition) is 4. The van der Waals surface area contributed by atoms with Crippen molar-refractivity contribution in [3.8, 4) is 33.8 Å². The predicted octanol–water partition coefficient (Wildman–Crippen LogP) is 12.4. The summed E-state index contributed by atoms with van der Waals surface area (Å²) in [6.07, 6.45) is 20.2. The molecule has 0 N–H and O–H groups in total. The van der Waals surface area contributed by atoms with E-state index in [1.807, 2.05) is 6.20 Å². The van der Waals surface area contributed by atoms with Gasteiger partial charge in [0.25, 0.3) is 0 Å². The van der Waals surface area contributed by atoms with Crippen molar-refractivity contribution in [3.05, 3.63) is 83.6 Å². The summed E-state index contributed by atoms with van der Waals surface area (Å²) in [5, 5.41) is 0. The number of rotatable bonds is 18. The number of hydrogen-bond donors (Lipinski definition) is 0. The van der Waals surface area contributed by atoms with Crippen molar-refractivity contribution in [2.24, 2.45) is 0 Å². The van der Waals surface area contributed by atoms with Crippen LogP contribution in [0.25, 0.3) is 33.8 Å². The molecule has 0 aliphatic heterocycles. The minimum atomic E-state index is 0. The van der Waals surface area contributed by atoms with Crippen LogP contribution in [0.5, 0.6) is 0 Å². The van der Waals surface area contributed by atoms with E-state index in [0.717, 1.165) is 28.5 Å². The Morgan fingerprint density at radius 3 is 1.79 bits per heavy atom. The van der Waals surface area contributed by atoms with Crippen LogP contribution in [0.4, 0.5) is 0 Å². The fourth-order valence-corrected chi connectivity index (χ4v) is 7.36. The largest absolute Gasteiger partial charge is 0.304 e. The third kappa shape index (κ3) is 8.88. The maximum absolute atomic E-state index is 4.97. The molecule has 0 spiro atoms. The Morgan fingerprint density at radius 2 is 1.23 bits per heavy atom. The zero-order chi connectivity index (χ0) is 33.2. The molecule has 0 saturated heterocycles. The van der Waals surface area contributed by atoms with E-state index in [0.29, 0.717) is 5.82 Å². The quantitative estimate of drug-likeness (QED) is 0.0741. The van der Waals surface area contributed by atoms with Crippen LogP contribution >= 0.6 is 0 Å². The van der Waals surface area contributed by atoms with E-state index in [2.05, 4.69) is 96.1 Å². The van der Waals surface area contributed by atoms with Crippen LogP contribution in [0.1, 0.15) is 166 Å². The topological polar surface area (TPSA) is 51.6 Å². The molecule has 2 aromatic heterocycles. The van der Waals surface area contributed by atoms with Gasteiger partial charge in [-0.3, -0.25) is 0 Å². The van der Waals surface area contributed by atoms with Gasteiger partial charge in [-0.05, 0) is 24.1 Å². The molecule has 0 saturated carbocycles. The molecular formula is C43H57IrN4-. The molecule has 0 unspecified atom stereocenters. The first-order chi connectivity index (χ1) is 22.9. The Balaban J connectivity index is 0.00000520. The Labute approximate surface area is 304 Å². The van der Waals surface area contributed by atoms with Gasteiger partial charge in [-0.2, -0.15) is 0 Å². The first kappa shape index (κ1) is 38.1. The fourth-order valence-electron chi connectivity index (χ4n) is 7.36. The molecule has 4 aromatic rings. The van der Waals surface area contributed by atoms with Crippen molar-refractivity contribution in [2.45, 2.75) is 149 Å². The van der Waals surface area contributed by atoms with E-state index in [1.165, 1.54) is 112 Å². The molecule has 5 heteroatoms. The van der Waals surface area contributed by atoms with Crippen LogP contribution in [-0.2, 0) is 25.5 Å². The number of unbranched alkanes of at least 4 members (excludes halogenated alkanes) is 10. The normalized spacial score (nSPS) is 13.1. The van der Waals surface area contributed by atoms with Crippen LogP contribution in [0.2, 0.25) is 0 Å². The summed E-state index contributed by atoms with van der Waals surface area (Å²) in [6, 6.07) is 21.8. The molecule has 0 fully saturated rings. The van der Waals surface area contributed by atoms with Crippen molar-refractivity contribution in [3.63, 3.8) is 0 Å². The van der Waals surface area contributed by atoms with Gasteiger partial charge in [0.2, 0.25) is 0 Å². The second-order valence-electron chi connectivity index (χ2n) is 14.5. The molecule has 2 heterocycles. The average Bonchev–Trinajstić information content (AvgIpc) is 3.36. The zero-order valence-corrected chi connectivity index (χ0v) is 32.8. The van der Waals surface area contributed by atoms with E-state index in [4.69, 9.17) is 19.9 Å². The first-order valence-electron chi connectivity index (χ1n) is 18.8. The van der Waals surface area contributed by atoms with Gasteiger partial charge in [0.05, 0.1) is 0 Å². The molecule has 1 aliphatic carbocycles. The third-order valence-corrected chi connectivity index (χ3v) is 10.1. The number of fused-ring (bicyclic) bond motifs is 3. The van der Waals surface area contributed by atoms with Gasteiger partial charge < -0.3 is 4.98 Å².